The number of fused-ring (bicyclic) bond motifs is 1. The SMILES string of the molecule is COC[C@H]1C(=O)[C@@]23CO[C@H]4CCC(C)(C)[C@H]5[C@H](O)OC[C@@]45C2[C@H](O)C[C@@H]1C3. The highest BCUT2D eigenvalue weighted by Gasteiger charge is 2.76. The maximum Gasteiger partial charge on any atom is 0.158 e. The fourth-order valence-corrected chi connectivity index (χ4v) is 8.11. The second kappa shape index (κ2) is 5.76. The number of carbonyl (C=O) groups excluding carboxylic acids is 1. The maximum absolute atomic E-state index is 13.6. The van der Waals surface area contributed by atoms with Gasteiger partial charge in [0, 0.05) is 30.3 Å². The van der Waals surface area contributed by atoms with Crippen LogP contribution in [-0.4, -0.2) is 61.4 Å². The van der Waals surface area contributed by atoms with Crippen molar-refractivity contribution in [2.75, 3.05) is 26.9 Å². The summed E-state index contributed by atoms with van der Waals surface area (Å²) in [6.07, 6.45) is 1.73. The number of Topliss-reactive ketones (excluding diaryl/α,β-unsaturated/α-hetero) is 1. The van der Waals surface area contributed by atoms with E-state index in [2.05, 4.69) is 13.8 Å². The molecule has 6 nitrogen and oxygen atoms in total. The summed E-state index contributed by atoms with van der Waals surface area (Å²) < 4.78 is 17.6. The van der Waals surface area contributed by atoms with Crippen LogP contribution in [-0.2, 0) is 19.0 Å². The van der Waals surface area contributed by atoms with Gasteiger partial charge in [-0.2, -0.15) is 0 Å². The predicted octanol–water partition coefficient (Wildman–Crippen LogP) is 1.38. The Morgan fingerprint density at radius 2 is 1.96 bits per heavy atom. The summed E-state index contributed by atoms with van der Waals surface area (Å²) in [5.41, 5.74) is -1.29. The quantitative estimate of drug-likeness (QED) is 0.753. The van der Waals surface area contributed by atoms with Gasteiger partial charge in [0.05, 0.1) is 37.4 Å². The first-order valence-corrected chi connectivity index (χ1v) is 10.4. The van der Waals surface area contributed by atoms with Gasteiger partial charge in [-0.3, -0.25) is 4.79 Å². The van der Waals surface area contributed by atoms with Gasteiger partial charge in [-0.1, -0.05) is 13.8 Å². The molecule has 0 radical (unpaired) electrons. The maximum atomic E-state index is 13.6. The number of hydrogen-bond donors (Lipinski definition) is 2. The number of rotatable bonds is 2. The van der Waals surface area contributed by atoms with Crippen molar-refractivity contribution < 1.29 is 29.2 Å². The average Bonchev–Trinajstić information content (AvgIpc) is 3.05. The highest BCUT2D eigenvalue weighted by Crippen LogP contribution is 2.70. The fourth-order valence-electron chi connectivity index (χ4n) is 8.11. The first-order valence-electron chi connectivity index (χ1n) is 10.4. The molecule has 6 heteroatoms. The van der Waals surface area contributed by atoms with Gasteiger partial charge in [-0.25, -0.2) is 0 Å². The van der Waals surface area contributed by atoms with E-state index in [1.165, 1.54) is 0 Å². The average molecular weight is 380 g/mol. The van der Waals surface area contributed by atoms with Crippen molar-refractivity contribution >= 4 is 5.78 Å². The minimum Gasteiger partial charge on any atom is -0.393 e. The predicted molar refractivity (Wildman–Crippen MR) is 95.7 cm³/mol. The number of methoxy groups -OCH3 is 1. The number of hydrogen-bond acceptors (Lipinski definition) is 6. The zero-order valence-corrected chi connectivity index (χ0v) is 16.5. The number of aliphatic hydroxyl groups is 2. The Kier molecular flexibility index (Phi) is 3.94. The molecular weight excluding hydrogens is 348 g/mol. The van der Waals surface area contributed by atoms with Crippen LogP contribution in [0, 0.1) is 39.9 Å². The van der Waals surface area contributed by atoms with Crippen molar-refractivity contribution in [2.24, 2.45) is 39.9 Å². The van der Waals surface area contributed by atoms with Crippen LogP contribution in [0.2, 0.25) is 0 Å². The summed E-state index contributed by atoms with van der Waals surface area (Å²) >= 11 is 0. The van der Waals surface area contributed by atoms with Gasteiger partial charge in [0.25, 0.3) is 0 Å². The number of carbonyl (C=O) groups is 1. The lowest BCUT2D eigenvalue weighted by Crippen LogP contribution is -2.69. The zero-order chi connectivity index (χ0) is 19.2. The molecule has 5 aliphatic rings. The minimum absolute atomic E-state index is 0.0659. The van der Waals surface area contributed by atoms with Crippen molar-refractivity contribution in [3.05, 3.63) is 0 Å². The first kappa shape index (κ1) is 18.5. The second-order valence-electron chi connectivity index (χ2n) is 10.4. The third-order valence-electron chi connectivity index (χ3n) is 8.88. The van der Waals surface area contributed by atoms with Crippen LogP contribution < -0.4 is 0 Å². The smallest absolute Gasteiger partial charge is 0.158 e. The Hall–Kier alpha value is -0.530. The van der Waals surface area contributed by atoms with Crippen LogP contribution >= 0.6 is 0 Å². The van der Waals surface area contributed by atoms with E-state index in [9.17, 15) is 15.0 Å². The lowest BCUT2D eigenvalue weighted by atomic mass is 9.43. The summed E-state index contributed by atoms with van der Waals surface area (Å²) in [6.45, 7) is 5.52. The molecule has 152 valence electrons. The van der Waals surface area contributed by atoms with E-state index in [4.69, 9.17) is 14.2 Å². The van der Waals surface area contributed by atoms with E-state index in [-0.39, 0.29) is 41.0 Å². The molecule has 2 bridgehead atoms. The van der Waals surface area contributed by atoms with Gasteiger partial charge in [0.1, 0.15) is 5.78 Å². The number of ketones is 1. The fraction of sp³-hybridized carbons (Fsp3) is 0.952. The summed E-state index contributed by atoms with van der Waals surface area (Å²) in [6, 6.07) is 0. The largest absolute Gasteiger partial charge is 0.393 e. The summed E-state index contributed by atoms with van der Waals surface area (Å²) in [5.74, 6) is -0.147. The molecule has 0 aromatic rings. The van der Waals surface area contributed by atoms with Crippen LogP contribution in [0.1, 0.15) is 39.5 Å². The van der Waals surface area contributed by atoms with E-state index in [0.717, 1.165) is 19.3 Å². The molecule has 27 heavy (non-hydrogen) atoms. The first-order chi connectivity index (χ1) is 12.8. The van der Waals surface area contributed by atoms with E-state index in [0.29, 0.717) is 26.2 Å². The molecule has 2 N–H and O–H groups in total. The summed E-state index contributed by atoms with van der Waals surface area (Å²) in [5, 5.41) is 22.1. The molecule has 5 rings (SSSR count). The van der Waals surface area contributed by atoms with Crippen LogP contribution in [0.4, 0.5) is 0 Å². The molecule has 2 saturated heterocycles. The monoisotopic (exact) mass is 380 g/mol. The van der Waals surface area contributed by atoms with Gasteiger partial charge in [0.15, 0.2) is 6.29 Å². The van der Waals surface area contributed by atoms with Gasteiger partial charge in [-0.15, -0.1) is 0 Å². The normalized spacial score (nSPS) is 55.7. The van der Waals surface area contributed by atoms with Crippen molar-refractivity contribution in [1.29, 1.82) is 0 Å². The molecule has 2 aliphatic heterocycles. The molecule has 0 aromatic carbocycles. The Bertz CT molecular complexity index is 649. The van der Waals surface area contributed by atoms with Crippen molar-refractivity contribution in [2.45, 2.75) is 58.0 Å². The van der Waals surface area contributed by atoms with E-state index in [1.54, 1.807) is 7.11 Å². The van der Waals surface area contributed by atoms with Crippen molar-refractivity contribution in [3.63, 3.8) is 0 Å². The van der Waals surface area contributed by atoms with Crippen molar-refractivity contribution in [3.8, 4) is 0 Å². The third kappa shape index (κ3) is 2.11. The molecule has 0 amide bonds. The van der Waals surface area contributed by atoms with Crippen LogP contribution in [0.3, 0.4) is 0 Å². The molecule has 5 fully saturated rings. The number of aliphatic hydroxyl groups excluding tert-OH is 2. The van der Waals surface area contributed by atoms with E-state index in [1.807, 2.05) is 0 Å². The second-order valence-corrected chi connectivity index (χ2v) is 10.4. The molecule has 2 spiro atoms. The highest BCUT2D eigenvalue weighted by atomic mass is 16.6. The van der Waals surface area contributed by atoms with Gasteiger partial charge in [-0.05, 0) is 37.0 Å². The molecule has 3 aliphatic carbocycles. The van der Waals surface area contributed by atoms with E-state index >= 15 is 0 Å². The topological polar surface area (TPSA) is 85.2 Å². The Balaban J connectivity index is 1.64. The standard InChI is InChI=1S/C21H32O6/c1-19(2)5-4-14-21(10-27-18(24)16(19)21)15-13(22)6-11-7-20(15,9-26-14)17(23)12(11)8-25-3/h11-16,18,22,24H,4-10H2,1-3H3/t11-,12-,13-,14+,15?,16-,18-,20+,21+/m1/s1. The summed E-state index contributed by atoms with van der Waals surface area (Å²) in [7, 11) is 1.63. The molecular formula is C21H32O6. The zero-order valence-electron chi connectivity index (χ0n) is 16.5. The molecule has 1 unspecified atom stereocenters. The Morgan fingerprint density at radius 1 is 1.19 bits per heavy atom. The lowest BCUT2D eigenvalue weighted by molar-refractivity contribution is -0.263. The van der Waals surface area contributed by atoms with Crippen LogP contribution in [0.25, 0.3) is 0 Å². The van der Waals surface area contributed by atoms with Crippen LogP contribution in [0.5, 0.6) is 0 Å². The highest BCUT2D eigenvalue weighted by molar-refractivity contribution is 5.91. The Labute approximate surface area is 160 Å². The third-order valence-corrected chi connectivity index (χ3v) is 8.88. The molecule has 3 saturated carbocycles. The van der Waals surface area contributed by atoms with Gasteiger partial charge < -0.3 is 24.4 Å². The minimum atomic E-state index is -0.863. The number of ether oxygens (including phenoxy) is 3. The molecule has 0 aromatic heterocycles. The van der Waals surface area contributed by atoms with Gasteiger partial charge in [0.2, 0.25) is 0 Å². The molecule has 2 heterocycles. The van der Waals surface area contributed by atoms with Gasteiger partial charge >= 0.3 is 0 Å². The van der Waals surface area contributed by atoms with Crippen molar-refractivity contribution in [1.82, 2.24) is 0 Å². The lowest BCUT2D eigenvalue weighted by Gasteiger charge is -2.63. The van der Waals surface area contributed by atoms with E-state index < -0.39 is 23.2 Å². The summed E-state index contributed by atoms with van der Waals surface area (Å²) in [4.78, 5) is 13.6. The molecule has 9 atom stereocenters. The van der Waals surface area contributed by atoms with Crippen LogP contribution in [0.15, 0.2) is 0 Å². The Morgan fingerprint density at radius 3 is 2.70 bits per heavy atom.